The topological polar surface area (TPSA) is 35.6 Å². The lowest BCUT2D eigenvalue weighted by atomic mass is 10.0. The van der Waals surface area contributed by atoms with Gasteiger partial charge < -0.3 is 10.2 Å². The molecule has 22 heavy (non-hydrogen) atoms. The molecule has 0 bridgehead atoms. The van der Waals surface area contributed by atoms with Crippen LogP contribution < -0.4 is 10.2 Å². The van der Waals surface area contributed by atoms with Crippen molar-refractivity contribution in [2.75, 3.05) is 44.2 Å². The highest BCUT2D eigenvalue weighted by atomic mass is 35.5. The summed E-state index contributed by atoms with van der Waals surface area (Å²) >= 11 is 0. The van der Waals surface area contributed by atoms with Gasteiger partial charge in [0.25, 0.3) is 0 Å². The molecule has 0 aliphatic carbocycles. The normalized spacial score (nSPS) is 27.2. The van der Waals surface area contributed by atoms with E-state index in [-0.39, 0.29) is 18.3 Å². The van der Waals surface area contributed by atoms with Crippen LogP contribution in [-0.2, 0) is 11.2 Å². The summed E-state index contributed by atoms with van der Waals surface area (Å²) < 4.78 is 0. The number of aryl methyl sites for hydroxylation is 1. The van der Waals surface area contributed by atoms with Crippen molar-refractivity contribution in [3.8, 4) is 0 Å². The number of hydrogen-bond donors (Lipinski definition) is 1. The van der Waals surface area contributed by atoms with E-state index in [1.54, 1.807) is 0 Å². The van der Waals surface area contributed by atoms with Crippen LogP contribution in [0.4, 0.5) is 5.69 Å². The summed E-state index contributed by atoms with van der Waals surface area (Å²) in [7, 11) is 0. The molecule has 2 saturated heterocycles. The lowest BCUT2D eigenvalue weighted by molar-refractivity contribution is -0.119. The fraction of sp³-hybridized carbons (Fsp3) is 0.588. The number of nitrogens with one attached hydrogen (secondary N) is 1. The Morgan fingerprint density at radius 2 is 1.91 bits per heavy atom. The molecule has 120 valence electrons. The van der Waals surface area contributed by atoms with Crippen LogP contribution in [0.2, 0.25) is 0 Å². The van der Waals surface area contributed by atoms with Crippen molar-refractivity contribution in [2.45, 2.75) is 12.8 Å². The van der Waals surface area contributed by atoms with Crippen LogP contribution in [0.3, 0.4) is 0 Å². The minimum Gasteiger partial charge on any atom is -0.316 e. The van der Waals surface area contributed by atoms with E-state index in [0.717, 1.165) is 63.1 Å². The summed E-state index contributed by atoms with van der Waals surface area (Å²) in [6.45, 7) is 5.88. The minimum absolute atomic E-state index is 0. The van der Waals surface area contributed by atoms with Gasteiger partial charge in [-0.05, 0) is 49.4 Å². The van der Waals surface area contributed by atoms with Crippen LogP contribution in [0.15, 0.2) is 24.3 Å². The van der Waals surface area contributed by atoms with Gasteiger partial charge in [-0.1, -0.05) is 18.2 Å². The number of amides is 1. The minimum atomic E-state index is 0. The molecule has 0 saturated carbocycles. The van der Waals surface area contributed by atoms with Crippen molar-refractivity contribution in [1.82, 2.24) is 10.2 Å². The lowest BCUT2D eigenvalue weighted by Crippen LogP contribution is -2.42. The Morgan fingerprint density at radius 3 is 2.68 bits per heavy atom. The van der Waals surface area contributed by atoms with Gasteiger partial charge in [0.15, 0.2) is 0 Å². The zero-order valence-electron chi connectivity index (χ0n) is 12.8. The SMILES string of the molecule is Cl.O=C(CN1C[C@H]2CNC[C@H]2C1)N1CCCc2ccccc21. The Kier molecular flexibility index (Phi) is 4.71. The summed E-state index contributed by atoms with van der Waals surface area (Å²) in [5.74, 6) is 1.79. The molecule has 3 aliphatic rings. The van der Waals surface area contributed by atoms with Gasteiger partial charge >= 0.3 is 0 Å². The Bertz CT molecular complexity index is 538. The molecule has 4 rings (SSSR count). The number of halogens is 1. The Labute approximate surface area is 138 Å². The van der Waals surface area contributed by atoms with Crippen LogP contribution in [0.1, 0.15) is 12.0 Å². The molecule has 5 heteroatoms. The van der Waals surface area contributed by atoms with E-state index in [1.165, 1.54) is 5.56 Å². The van der Waals surface area contributed by atoms with E-state index < -0.39 is 0 Å². The number of rotatable bonds is 2. The number of hydrogen-bond acceptors (Lipinski definition) is 3. The zero-order chi connectivity index (χ0) is 14.2. The number of fused-ring (bicyclic) bond motifs is 2. The summed E-state index contributed by atoms with van der Waals surface area (Å²) in [5, 5.41) is 3.45. The Balaban J connectivity index is 0.00000144. The summed E-state index contributed by atoms with van der Waals surface area (Å²) in [6, 6.07) is 8.35. The maximum absolute atomic E-state index is 12.7. The predicted octanol–water partition coefficient (Wildman–Crippen LogP) is 1.54. The number of carbonyl (C=O) groups excluding carboxylic acids is 1. The molecule has 2 atom stereocenters. The molecule has 0 aromatic heterocycles. The van der Waals surface area contributed by atoms with Crippen molar-refractivity contribution >= 4 is 24.0 Å². The second kappa shape index (κ2) is 6.57. The predicted molar refractivity (Wildman–Crippen MR) is 90.7 cm³/mol. The number of benzene rings is 1. The summed E-state index contributed by atoms with van der Waals surface area (Å²) in [4.78, 5) is 17.1. The second-order valence-corrected chi connectivity index (χ2v) is 6.65. The van der Waals surface area contributed by atoms with Gasteiger partial charge in [-0.2, -0.15) is 0 Å². The average molecular weight is 322 g/mol. The molecule has 1 N–H and O–H groups in total. The van der Waals surface area contributed by atoms with Crippen molar-refractivity contribution in [3.63, 3.8) is 0 Å². The molecule has 3 aliphatic heterocycles. The molecule has 0 radical (unpaired) electrons. The van der Waals surface area contributed by atoms with Crippen molar-refractivity contribution in [3.05, 3.63) is 29.8 Å². The first-order valence-corrected chi connectivity index (χ1v) is 8.12. The maximum Gasteiger partial charge on any atom is 0.241 e. The zero-order valence-corrected chi connectivity index (χ0v) is 13.6. The molecule has 2 fully saturated rings. The molecule has 1 aromatic carbocycles. The first-order valence-electron chi connectivity index (χ1n) is 8.12. The fourth-order valence-electron chi connectivity index (χ4n) is 4.15. The summed E-state index contributed by atoms with van der Waals surface area (Å²) in [6.07, 6.45) is 2.18. The monoisotopic (exact) mass is 321 g/mol. The average Bonchev–Trinajstić information content (AvgIpc) is 3.07. The van der Waals surface area contributed by atoms with E-state index in [2.05, 4.69) is 28.4 Å². The van der Waals surface area contributed by atoms with Crippen LogP contribution in [0, 0.1) is 11.8 Å². The van der Waals surface area contributed by atoms with Gasteiger partial charge in [0.2, 0.25) is 5.91 Å². The quantitative estimate of drug-likeness (QED) is 0.897. The number of likely N-dealkylation sites (tertiary alicyclic amines) is 1. The van der Waals surface area contributed by atoms with Crippen LogP contribution in [-0.4, -0.2) is 50.1 Å². The van der Waals surface area contributed by atoms with Crippen molar-refractivity contribution in [1.29, 1.82) is 0 Å². The summed E-state index contributed by atoms with van der Waals surface area (Å²) in [5.41, 5.74) is 2.45. The van der Waals surface area contributed by atoms with E-state index in [0.29, 0.717) is 6.54 Å². The molecule has 4 nitrogen and oxygen atoms in total. The number of nitrogens with zero attached hydrogens (tertiary/aromatic N) is 2. The molecule has 0 unspecified atom stereocenters. The molecular weight excluding hydrogens is 298 g/mol. The standard InChI is InChI=1S/C17H23N3O.ClH/c21-17(12-19-10-14-8-18-9-15(14)11-19)20-7-3-5-13-4-1-2-6-16(13)20;/h1-2,4,6,14-15,18H,3,5,7-12H2;1H/t14-,15+;. The highest BCUT2D eigenvalue weighted by Crippen LogP contribution is 2.29. The first-order chi connectivity index (χ1) is 10.3. The molecule has 1 aromatic rings. The third-order valence-electron chi connectivity index (χ3n) is 5.24. The third kappa shape index (κ3) is 2.87. The van der Waals surface area contributed by atoms with Crippen LogP contribution >= 0.6 is 12.4 Å². The molecular formula is C17H24ClN3O. The third-order valence-corrected chi connectivity index (χ3v) is 5.24. The van der Waals surface area contributed by atoms with Gasteiger partial charge in [-0.3, -0.25) is 9.69 Å². The van der Waals surface area contributed by atoms with Crippen molar-refractivity contribution < 1.29 is 4.79 Å². The second-order valence-electron chi connectivity index (χ2n) is 6.65. The van der Waals surface area contributed by atoms with E-state index in [9.17, 15) is 4.79 Å². The molecule has 0 spiro atoms. The van der Waals surface area contributed by atoms with E-state index >= 15 is 0 Å². The van der Waals surface area contributed by atoms with Gasteiger partial charge in [-0.25, -0.2) is 0 Å². The van der Waals surface area contributed by atoms with Gasteiger partial charge in [-0.15, -0.1) is 12.4 Å². The molecule has 1 amide bonds. The first kappa shape index (κ1) is 15.8. The van der Waals surface area contributed by atoms with Gasteiger partial charge in [0.05, 0.1) is 6.54 Å². The van der Waals surface area contributed by atoms with Crippen LogP contribution in [0.5, 0.6) is 0 Å². The highest BCUT2D eigenvalue weighted by Gasteiger charge is 2.37. The highest BCUT2D eigenvalue weighted by molar-refractivity contribution is 5.96. The van der Waals surface area contributed by atoms with Gasteiger partial charge in [0.1, 0.15) is 0 Å². The Hall–Kier alpha value is -1.10. The fourth-order valence-corrected chi connectivity index (χ4v) is 4.15. The molecule has 3 heterocycles. The van der Waals surface area contributed by atoms with Gasteiger partial charge in [0, 0.05) is 25.3 Å². The van der Waals surface area contributed by atoms with E-state index in [1.807, 2.05) is 11.0 Å². The maximum atomic E-state index is 12.7. The number of anilines is 1. The smallest absolute Gasteiger partial charge is 0.241 e. The Morgan fingerprint density at radius 1 is 1.18 bits per heavy atom. The van der Waals surface area contributed by atoms with Crippen LogP contribution in [0.25, 0.3) is 0 Å². The number of carbonyl (C=O) groups is 1. The largest absolute Gasteiger partial charge is 0.316 e. The van der Waals surface area contributed by atoms with E-state index in [4.69, 9.17) is 0 Å². The number of para-hydroxylation sites is 1. The lowest BCUT2D eigenvalue weighted by Gasteiger charge is -2.31. The van der Waals surface area contributed by atoms with Crippen molar-refractivity contribution in [2.24, 2.45) is 11.8 Å².